The quantitative estimate of drug-likeness (QED) is 0.903. The highest BCUT2D eigenvalue weighted by atomic mass is 19.2. The van der Waals surface area contributed by atoms with Crippen molar-refractivity contribution in [3.63, 3.8) is 0 Å². The summed E-state index contributed by atoms with van der Waals surface area (Å²) in [5.74, 6) is -2.04. The lowest BCUT2D eigenvalue weighted by Gasteiger charge is -2.22. The first-order valence-corrected chi connectivity index (χ1v) is 7.42. The summed E-state index contributed by atoms with van der Waals surface area (Å²) in [7, 11) is 0. The molecular formula is C16H21F2NO2. The molecule has 21 heavy (non-hydrogen) atoms. The fraction of sp³-hybridized carbons (Fsp3) is 0.562. The number of rotatable bonds is 5. The zero-order chi connectivity index (χ0) is 15.2. The molecule has 5 heteroatoms. The normalized spacial score (nSPS) is 17.5. The molecule has 1 saturated carbocycles. The molecule has 2 rings (SSSR count). The van der Waals surface area contributed by atoms with Gasteiger partial charge >= 0.3 is 0 Å². The highest BCUT2D eigenvalue weighted by Crippen LogP contribution is 2.20. The molecule has 1 fully saturated rings. The largest absolute Gasteiger partial charge is 0.368 e. The third-order valence-electron chi connectivity index (χ3n) is 3.82. The second-order valence-corrected chi connectivity index (χ2v) is 5.53. The van der Waals surface area contributed by atoms with E-state index in [4.69, 9.17) is 4.74 Å². The van der Waals surface area contributed by atoms with Crippen molar-refractivity contribution in [3.05, 3.63) is 35.4 Å². The molecule has 1 unspecified atom stereocenters. The molecule has 1 aromatic rings. The number of hydrogen-bond donors (Lipinski definition) is 1. The minimum Gasteiger partial charge on any atom is -0.368 e. The first-order valence-electron chi connectivity index (χ1n) is 7.42. The number of amides is 1. The predicted molar refractivity (Wildman–Crippen MR) is 75.7 cm³/mol. The summed E-state index contributed by atoms with van der Waals surface area (Å²) in [5, 5.41) is 2.73. The van der Waals surface area contributed by atoms with Crippen LogP contribution in [0, 0.1) is 11.6 Å². The van der Waals surface area contributed by atoms with Crippen LogP contribution in [0.3, 0.4) is 0 Å². The van der Waals surface area contributed by atoms with Crippen LogP contribution in [0.5, 0.6) is 0 Å². The van der Waals surface area contributed by atoms with E-state index in [1.165, 1.54) is 12.5 Å². The number of ether oxygens (including phenoxy) is 1. The summed E-state index contributed by atoms with van der Waals surface area (Å²) in [6.07, 6.45) is 5.72. The van der Waals surface area contributed by atoms with Gasteiger partial charge < -0.3 is 10.1 Å². The molecule has 0 bridgehead atoms. The van der Waals surface area contributed by atoms with E-state index in [0.29, 0.717) is 5.56 Å². The van der Waals surface area contributed by atoms with E-state index in [1.54, 1.807) is 6.92 Å². The number of hydrogen-bond acceptors (Lipinski definition) is 2. The number of carbonyl (C=O) groups is 1. The molecular weight excluding hydrogens is 276 g/mol. The number of nitrogens with one attached hydrogen (secondary N) is 1. The van der Waals surface area contributed by atoms with Crippen LogP contribution < -0.4 is 5.32 Å². The SMILES string of the molecule is CC(NC(=O)COC1CCCCC1)c1ccc(F)c(F)c1. The highest BCUT2D eigenvalue weighted by molar-refractivity contribution is 5.77. The Morgan fingerprint density at radius 2 is 2.00 bits per heavy atom. The summed E-state index contributed by atoms with van der Waals surface area (Å²) in [6, 6.07) is 3.24. The van der Waals surface area contributed by atoms with Gasteiger partial charge in [-0.25, -0.2) is 8.78 Å². The van der Waals surface area contributed by atoms with Gasteiger partial charge in [-0.2, -0.15) is 0 Å². The van der Waals surface area contributed by atoms with Crippen LogP contribution in [0.4, 0.5) is 8.78 Å². The van der Waals surface area contributed by atoms with Crippen LogP contribution in [0.2, 0.25) is 0 Å². The second-order valence-electron chi connectivity index (χ2n) is 5.53. The molecule has 0 radical (unpaired) electrons. The van der Waals surface area contributed by atoms with E-state index >= 15 is 0 Å². The zero-order valence-electron chi connectivity index (χ0n) is 12.2. The third-order valence-corrected chi connectivity index (χ3v) is 3.82. The molecule has 1 aliphatic rings. The van der Waals surface area contributed by atoms with Crippen LogP contribution in [-0.2, 0) is 9.53 Å². The fourth-order valence-corrected chi connectivity index (χ4v) is 2.57. The van der Waals surface area contributed by atoms with E-state index in [0.717, 1.165) is 37.8 Å². The van der Waals surface area contributed by atoms with Crippen LogP contribution in [-0.4, -0.2) is 18.6 Å². The third kappa shape index (κ3) is 4.77. The Kier molecular flexibility index (Phi) is 5.67. The van der Waals surface area contributed by atoms with Gasteiger partial charge in [0.15, 0.2) is 11.6 Å². The minimum atomic E-state index is -0.910. The number of benzene rings is 1. The van der Waals surface area contributed by atoms with Crippen molar-refractivity contribution in [1.82, 2.24) is 5.32 Å². The monoisotopic (exact) mass is 297 g/mol. The average Bonchev–Trinajstić information content (AvgIpc) is 2.49. The van der Waals surface area contributed by atoms with Crippen molar-refractivity contribution in [1.29, 1.82) is 0 Å². The van der Waals surface area contributed by atoms with Gasteiger partial charge in [0.2, 0.25) is 5.91 Å². The van der Waals surface area contributed by atoms with Crippen molar-refractivity contribution in [2.75, 3.05) is 6.61 Å². The lowest BCUT2D eigenvalue weighted by atomic mass is 9.98. The number of carbonyl (C=O) groups excluding carboxylic acids is 1. The Morgan fingerprint density at radius 1 is 1.29 bits per heavy atom. The summed E-state index contributed by atoms with van der Waals surface area (Å²) in [6.45, 7) is 1.74. The molecule has 0 heterocycles. The smallest absolute Gasteiger partial charge is 0.246 e. The maximum atomic E-state index is 13.2. The molecule has 116 valence electrons. The molecule has 0 spiro atoms. The van der Waals surface area contributed by atoms with Gasteiger partial charge in [-0.3, -0.25) is 4.79 Å². The summed E-state index contributed by atoms with van der Waals surface area (Å²) < 4.78 is 31.6. The van der Waals surface area contributed by atoms with Gasteiger partial charge in [-0.1, -0.05) is 25.3 Å². The van der Waals surface area contributed by atoms with Crippen LogP contribution in [0.15, 0.2) is 18.2 Å². The Labute approximate surface area is 123 Å². The molecule has 3 nitrogen and oxygen atoms in total. The van der Waals surface area contributed by atoms with Gasteiger partial charge in [0.05, 0.1) is 12.1 Å². The Bertz CT molecular complexity index is 487. The van der Waals surface area contributed by atoms with E-state index < -0.39 is 11.6 Å². The molecule has 1 aromatic carbocycles. The van der Waals surface area contributed by atoms with Crippen molar-refractivity contribution < 1.29 is 18.3 Å². The highest BCUT2D eigenvalue weighted by Gasteiger charge is 2.16. The molecule has 1 aliphatic carbocycles. The predicted octanol–water partition coefficient (Wildman–Crippen LogP) is 3.49. The fourth-order valence-electron chi connectivity index (χ4n) is 2.57. The van der Waals surface area contributed by atoms with Gasteiger partial charge in [-0.15, -0.1) is 0 Å². The Balaban J connectivity index is 1.79. The summed E-state index contributed by atoms with van der Waals surface area (Å²) in [4.78, 5) is 11.8. The summed E-state index contributed by atoms with van der Waals surface area (Å²) in [5.41, 5.74) is 0.528. The van der Waals surface area contributed by atoms with Crippen LogP contribution >= 0.6 is 0 Å². The molecule has 1 amide bonds. The molecule has 0 saturated heterocycles. The molecule has 0 aliphatic heterocycles. The standard InChI is InChI=1S/C16H21F2NO2/c1-11(12-7-8-14(17)15(18)9-12)19-16(20)10-21-13-5-3-2-4-6-13/h7-9,11,13H,2-6,10H2,1H3,(H,19,20). The zero-order valence-corrected chi connectivity index (χ0v) is 12.2. The first kappa shape index (κ1) is 15.9. The summed E-state index contributed by atoms with van der Waals surface area (Å²) >= 11 is 0. The van der Waals surface area contributed by atoms with Crippen LogP contribution in [0.25, 0.3) is 0 Å². The van der Waals surface area contributed by atoms with E-state index in [9.17, 15) is 13.6 Å². The van der Waals surface area contributed by atoms with Gasteiger partial charge in [-0.05, 0) is 37.5 Å². The second kappa shape index (κ2) is 7.50. The van der Waals surface area contributed by atoms with E-state index in [1.807, 2.05) is 0 Å². The molecule has 1 N–H and O–H groups in total. The maximum absolute atomic E-state index is 13.2. The van der Waals surface area contributed by atoms with Crippen molar-refractivity contribution in [3.8, 4) is 0 Å². The van der Waals surface area contributed by atoms with Crippen molar-refractivity contribution >= 4 is 5.91 Å². The maximum Gasteiger partial charge on any atom is 0.246 e. The van der Waals surface area contributed by atoms with E-state index in [-0.39, 0.29) is 24.7 Å². The number of halogens is 2. The Hall–Kier alpha value is -1.49. The van der Waals surface area contributed by atoms with Crippen molar-refractivity contribution in [2.45, 2.75) is 51.2 Å². The van der Waals surface area contributed by atoms with Gasteiger partial charge in [0, 0.05) is 0 Å². The van der Waals surface area contributed by atoms with Crippen LogP contribution in [0.1, 0.15) is 50.6 Å². The first-order chi connectivity index (χ1) is 10.1. The topological polar surface area (TPSA) is 38.3 Å². The average molecular weight is 297 g/mol. The minimum absolute atomic E-state index is 0.0126. The molecule has 1 atom stereocenters. The van der Waals surface area contributed by atoms with Gasteiger partial charge in [0.1, 0.15) is 6.61 Å². The Morgan fingerprint density at radius 3 is 2.67 bits per heavy atom. The lowest BCUT2D eigenvalue weighted by Crippen LogP contribution is -2.32. The molecule has 0 aromatic heterocycles. The van der Waals surface area contributed by atoms with Crippen molar-refractivity contribution in [2.24, 2.45) is 0 Å². The van der Waals surface area contributed by atoms with Gasteiger partial charge in [0.25, 0.3) is 0 Å². The lowest BCUT2D eigenvalue weighted by molar-refractivity contribution is -0.129. The van der Waals surface area contributed by atoms with E-state index in [2.05, 4.69) is 5.32 Å².